The highest BCUT2D eigenvalue weighted by atomic mass is 16.6. The number of fused-ring (bicyclic) bond motifs is 1. The summed E-state index contributed by atoms with van der Waals surface area (Å²) in [6, 6.07) is 7.44. The summed E-state index contributed by atoms with van der Waals surface area (Å²) in [6.45, 7) is 2.81. The molecule has 0 amide bonds. The van der Waals surface area contributed by atoms with E-state index in [1.54, 1.807) is 12.1 Å². The second-order valence-electron chi connectivity index (χ2n) is 6.76. The molecule has 1 saturated carbocycles. The first kappa shape index (κ1) is 15.4. The molecule has 2 aliphatic rings. The SMILES string of the molecule is CC1CC2CCCCC2N1CC(O)c1cccc([N+](=O)[O-])c1. The van der Waals surface area contributed by atoms with E-state index < -0.39 is 11.0 Å². The van der Waals surface area contributed by atoms with Crippen molar-refractivity contribution in [3.63, 3.8) is 0 Å². The fraction of sp³-hybridized carbons (Fsp3) is 0.647. The minimum atomic E-state index is -0.664. The molecule has 22 heavy (non-hydrogen) atoms. The van der Waals surface area contributed by atoms with Crippen molar-refractivity contribution in [3.05, 3.63) is 39.9 Å². The maximum absolute atomic E-state index is 10.9. The maximum Gasteiger partial charge on any atom is 0.269 e. The molecular weight excluding hydrogens is 280 g/mol. The topological polar surface area (TPSA) is 66.6 Å². The lowest BCUT2D eigenvalue weighted by atomic mass is 9.85. The Morgan fingerprint density at radius 2 is 2.18 bits per heavy atom. The number of aliphatic hydroxyl groups excluding tert-OH is 1. The van der Waals surface area contributed by atoms with E-state index >= 15 is 0 Å². The predicted octanol–water partition coefficient (Wildman–Crippen LogP) is 3.28. The van der Waals surface area contributed by atoms with E-state index in [-0.39, 0.29) is 5.69 Å². The summed E-state index contributed by atoms with van der Waals surface area (Å²) in [5.74, 6) is 0.765. The first-order valence-corrected chi connectivity index (χ1v) is 8.24. The largest absolute Gasteiger partial charge is 0.387 e. The average molecular weight is 304 g/mol. The summed E-state index contributed by atoms with van der Waals surface area (Å²) in [4.78, 5) is 12.9. The molecule has 1 aromatic carbocycles. The smallest absolute Gasteiger partial charge is 0.269 e. The van der Waals surface area contributed by atoms with Crippen molar-refractivity contribution in [1.29, 1.82) is 0 Å². The van der Waals surface area contributed by atoms with E-state index in [2.05, 4.69) is 11.8 Å². The molecule has 0 bridgehead atoms. The Morgan fingerprint density at radius 3 is 2.95 bits per heavy atom. The number of rotatable bonds is 4. The summed E-state index contributed by atoms with van der Waals surface area (Å²) in [5, 5.41) is 21.4. The van der Waals surface area contributed by atoms with Gasteiger partial charge < -0.3 is 5.11 Å². The molecule has 1 aliphatic heterocycles. The molecule has 0 aromatic heterocycles. The lowest BCUT2D eigenvalue weighted by Gasteiger charge is -2.34. The number of nitro groups is 1. The predicted molar refractivity (Wildman–Crippen MR) is 84.6 cm³/mol. The van der Waals surface area contributed by atoms with Crippen LogP contribution in [0.5, 0.6) is 0 Å². The van der Waals surface area contributed by atoms with Crippen LogP contribution in [0.1, 0.15) is 50.7 Å². The van der Waals surface area contributed by atoms with Gasteiger partial charge in [0.15, 0.2) is 0 Å². The van der Waals surface area contributed by atoms with Gasteiger partial charge in [0.1, 0.15) is 0 Å². The Hall–Kier alpha value is -1.46. The molecule has 1 saturated heterocycles. The third-order valence-electron chi connectivity index (χ3n) is 5.35. The third-order valence-corrected chi connectivity index (χ3v) is 5.35. The number of hydrogen-bond acceptors (Lipinski definition) is 4. The molecule has 0 radical (unpaired) electrons. The van der Waals surface area contributed by atoms with Gasteiger partial charge in [-0.1, -0.05) is 25.0 Å². The zero-order valence-electron chi connectivity index (χ0n) is 13.0. The van der Waals surface area contributed by atoms with E-state index in [1.807, 2.05) is 0 Å². The fourth-order valence-corrected chi connectivity index (χ4v) is 4.27. The third kappa shape index (κ3) is 3.01. The Bertz CT molecular complexity index is 548. The number of hydrogen-bond donors (Lipinski definition) is 1. The standard InChI is InChI=1S/C17H24N2O3/c1-12-9-13-5-2-3-8-16(13)18(12)11-17(20)14-6-4-7-15(10-14)19(21)22/h4,6-7,10,12-13,16-17,20H,2-3,5,8-9,11H2,1H3. The molecule has 0 spiro atoms. The molecule has 1 heterocycles. The molecule has 120 valence electrons. The van der Waals surface area contributed by atoms with Crippen molar-refractivity contribution in [2.24, 2.45) is 5.92 Å². The van der Waals surface area contributed by atoms with Gasteiger partial charge in [-0.25, -0.2) is 0 Å². The summed E-state index contributed by atoms with van der Waals surface area (Å²) in [7, 11) is 0. The number of non-ortho nitro benzene ring substituents is 1. The van der Waals surface area contributed by atoms with E-state index in [1.165, 1.54) is 44.2 Å². The second kappa shape index (κ2) is 6.34. The first-order valence-electron chi connectivity index (χ1n) is 8.24. The minimum absolute atomic E-state index is 0.0431. The molecule has 5 heteroatoms. The van der Waals surface area contributed by atoms with Crippen molar-refractivity contribution < 1.29 is 10.0 Å². The van der Waals surface area contributed by atoms with E-state index in [0.29, 0.717) is 24.2 Å². The molecule has 1 N–H and O–H groups in total. The highest BCUT2D eigenvalue weighted by molar-refractivity contribution is 5.35. The van der Waals surface area contributed by atoms with Crippen LogP contribution in [-0.2, 0) is 0 Å². The van der Waals surface area contributed by atoms with Gasteiger partial charge in [-0.15, -0.1) is 0 Å². The zero-order chi connectivity index (χ0) is 15.7. The van der Waals surface area contributed by atoms with E-state index in [9.17, 15) is 15.2 Å². The lowest BCUT2D eigenvalue weighted by Crippen LogP contribution is -2.40. The average Bonchev–Trinajstić information content (AvgIpc) is 2.83. The van der Waals surface area contributed by atoms with E-state index in [0.717, 1.165) is 5.92 Å². The normalized spacial score (nSPS) is 30.0. The number of β-amino-alcohol motifs (C(OH)–C–C–N with tert-alkyl or cyclic N) is 1. The Morgan fingerprint density at radius 1 is 1.41 bits per heavy atom. The van der Waals surface area contributed by atoms with Gasteiger partial charge >= 0.3 is 0 Å². The Labute approximate surface area is 131 Å². The van der Waals surface area contributed by atoms with Gasteiger partial charge in [0.25, 0.3) is 5.69 Å². The minimum Gasteiger partial charge on any atom is -0.387 e. The van der Waals surface area contributed by atoms with Crippen LogP contribution in [0.15, 0.2) is 24.3 Å². The van der Waals surface area contributed by atoms with Crippen molar-refractivity contribution in [1.82, 2.24) is 4.90 Å². The van der Waals surface area contributed by atoms with Crippen molar-refractivity contribution in [2.75, 3.05) is 6.54 Å². The van der Waals surface area contributed by atoms with Gasteiger partial charge in [-0.3, -0.25) is 15.0 Å². The van der Waals surface area contributed by atoms with Crippen LogP contribution in [-0.4, -0.2) is 33.6 Å². The van der Waals surface area contributed by atoms with Gasteiger partial charge in [-0.2, -0.15) is 0 Å². The molecule has 1 aromatic rings. The zero-order valence-corrected chi connectivity index (χ0v) is 13.0. The van der Waals surface area contributed by atoms with Crippen LogP contribution >= 0.6 is 0 Å². The number of nitrogens with zero attached hydrogens (tertiary/aromatic N) is 2. The molecule has 2 fully saturated rings. The van der Waals surface area contributed by atoms with Crippen LogP contribution in [0.25, 0.3) is 0 Å². The van der Waals surface area contributed by atoms with Crippen molar-refractivity contribution in [2.45, 2.75) is 57.2 Å². The van der Waals surface area contributed by atoms with E-state index in [4.69, 9.17) is 0 Å². The first-order chi connectivity index (χ1) is 10.6. The van der Waals surface area contributed by atoms with Crippen LogP contribution in [0.2, 0.25) is 0 Å². The molecule has 5 nitrogen and oxygen atoms in total. The monoisotopic (exact) mass is 304 g/mol. The van der Waals surface area contributed by atoms with Crippen LogP contribution in [0.3, 0.4) is 0 Å². The quantitative estimate of drug-likeness (QED) is 0.685. The van der Waals surface area contributed by atoms with Gasteiger partial charge in [-0.05, 0) is 37.7 Å². The molecular formula is C17H24N2O3. The second-order valence-corrected chi connectivity index (χ2v) is 6.76. The fourth-order valence-electron chi connectivity index (χ4n) is 4.27. The molecule has 4 unspecified atom stereocenters. The van der Waals surface area contributed by atoms with Crippen LogP contribution in [0, 0.1) is 16.0 Å². The summed E-state index contributed by atoms with van der Waals surface area (Å²) < 4.78 is 0. The van der Waals surface area contributed by atoms with Crippen LogP contribution < -0.4 is 0 Å². The van der Waals surface area contributed by atoms with Gasteiger partial charge in [0.2, 0.25) is 0 Å². The Balaban J connectivity index is 1.72. The summed E-state index contributed by atoms with van der Waals surface area (Å²) in [5.41, 5.74) is 0.683. The molecule has 3 rings (SSSR count). The van der Waals surface area contributed by atoms with Crippen molar-refractivity contribution in [3.8, 4) is 0 Å². The highest BCUT2D eigenvalue weighted by Crippen LogP contribution is 2.40. The Kier molecular flexibility index (Phi) is 4.45. The van der Waals surface area contributed by atoms with Gasteiger partial charge in [0.05, 0.1) is 11.0 Å². The highest BCUT2D eigenvalue weighted by Gasteiger charge is 2.40. The number of nitro benzene ring substituents is 1. The van der Waals surface area contributed by atoms with Gasteiger partial charge in [0, 0.05) is 30.8 Å². The molecule has 1 aliphatic carbocycles. The van der Waals surface area contributed by atoms with Crippen LogP contribution in [0.4, 0.5) is 5.69 Å². The summed E-state index contributed by atoms with van der Waals surface area (Å²) in [6.07, 6.45) is 5.68. The summed E-state index contributed by atoms with van der Waals surface area (Å²) >= 11 is 0. The van der Waals surface area contributed by atoms with Crippen molar-refractivity contribution >= 4 is 5.69 Å². The number of aliphatic hydroxyl groups is 1. The maximum atomic E-state index is 10.9. The number of benzene rings is 1. The number of likely N-dealkylation sites (tertiary alicyclic amines) is 1. The lowest BCUT2D eigenvalue weighted by molar-refractivity contribution is -0.385. The molecule has 4 atom stereocenters.